The molecule has 0 bridgehead atoms. The SMILES string of the molecule is Cc1nc(N2CCCCCC2)sc1-c1nc(=S)[nH][nH]1. The van der Waals surface area contributed by atoms with Crippen LogP contribution in [0.3, 0.4) is 0 Å². The first-order valence-electron chi connectivity index (χ1n) is 6.61. The Morgan fingerprint density at radius 1 is 1.11 bits per heavy atom. The summed E-state index contributed by atoms with van der Waals surface area (Å²) in [6, 6.07) is 0. The third-order valence-corrected chi connectivity index (χ3v) is 4.80. The fourth-order valence-electron chi connectivity index (χ4n) is 2.38. The summed E-state index contributed by atoms with van der Waals surface area (Å²) in [5.41, 5.74) is 1.02. The molecule has 0 aliphatic carbocycles. The molecule has 1 aliphatic heterocycles. The Bertz CT molecular complexity index is 604. The molecule has 2 N–H and O–H groups in total. The molecule has 0 atom stereocenters. The molecule has 0 amide bonds. The van der Waals surface area contributed by atoms with E-state index in [1.807, 2.05) is 6.92 Å². The Labute approximate surface area is 121 Å². The first kappa shape index (κ1) is 12.8. The number of nitrogens with zero attached hydrogens (tertiary/aromatic N) is 3. The number of thiazole rings is 1. The predicted octanol–water partition coefficient (Wildman–Crippen LogP) is 3.28. The standard InChI is InChI=1S/C12H17N5S2/c1-8-9(10-14-11(18)16-15-10)19-12(13-8)17-6-4-2-3-5-7-17/h2-7H2,1H3,(H2,14,15,16,18). The zero-order chi connectivity index (χ0) is 13.2. The highest BCUT2D eigenvalue weighted by molar-refractivity contribution is 7.71. The zero-order valence-electron chi connectivity index (χ0n) is 10.9. The lowest BCUT2D eigenvalue weighted by Gasteiger charge is -2.18. The molecule has 1 aliphatic rings. The number of anilines is 1. The van der Waals surface area contributed by atoms with Gasteiger partial charge in [-0.3, -0.25) is 10.2 Å². The highest BCUT2D eigenvalue weighted by atomic mass is 32.1. The number of aryl methyl sites for hydroxylation is 1. The summed E-state index contributed by atoms with van der Waals surface area (Å²) in [4.78, 5) is 12.4. The van der Waals surface area contributed by atoms with Crippen molar-refractivity contribution in [2.24, 2.45) is 0 Å². The lowest BCUT2D eigenvalue weighted by atomic mass is 10.2. The maximum atomic E-state index is 5.00. The fourth-order valence-corrected chi connectivity index (χ4v) is 3.58. The van der Waals surface area contributed by atoms with Crippen molar-refractivity contribution in [2.45, 2.75) is 32.6 Å². The van der Waals surface area contributed by atoms with Crippen LogP contribution < -0.4 is 4.90 Å². The maximum absolute atomic E-state index is 5.00. The molecule has 3 rings (SSSR count). The molecule has 1 fully saturated rings. The molecule has 19 heavy (non-hydrogen) atoms. The number of hydrogen-bond donors (Lipinski definition) is 2. The van der Waals surface area contributed by atoms with Crippen LogP contribution in [0.2, 0.25) is 0 Å². The van der Waals surface area contributed by atoms with Crippen molar-refractivity contribution in [3.63, 3.8) is 0 Å². The second kappa shape index (κ2) is 5.42. The second-order valence-electron chi connectivity index (χ2n) is 4.83. The minimum Gasteiger partial charge on any atom is -0.348 e. The van der Waals surface area contributed by atoms with E-state index in [1.54, 1.807) is 11.3 Å². The Hall–Kier alpha value is -1.21. The highest BCUT2D eigenvalue weighted by Crippen LogP contribution is 2.33. The van der Waals surface area contributed by atoms with E-state index >= 15 is 0 Å². The summed E-state index contributed by atoms with van der Waals surface area (Å²) in [6.45, 7) is 4.25. The normalized spacial score (nSPS) is 16.6. The number of H-pyrrole nitrogens is 2. The van der Waals surface area contributed by atoms with Crippen LogP contribution in [-0.2, 0) is 0 Å². The molecule has 5 nitrogen and oxygen atoms in total. The van der Waals surface area contributed by atoms with E-state index in [9.17, 15) is 0 Å². The van der Waals surface area contributed by atoms with Crippen molar-refractivity contribution in [1.82, 2.24) is 20.2 Å². The van der Waals surface area contributed by atoms with Gasteiger partial charge in [-0.15, -0.1) is 0 Å². The van der Waals surface area contributed by atoms with E-state index in [4.69, 9.17) is 17.2 Å². The van der Waals surface area contributed by atoms with Crippen LogP contribution in [0.5, 0.6) is 0 Å². The quantitative estimate of drug-likeness (QED) is 0.835. The first-order valence-corrected chi connectivity index (χ1v) is 7.84. The topological polar surface area (TPSA) is 60.6 Å². The van der Waals surface area contributed by atoms with Crippen molar-refractivity contribution >= 4 is 28.7 Å². The van der Waals surface area contributed by atoms with Crippen molar-refractivity contribution in [3.05, 3.63) is 10.5 Å². The van der Waals surface area contributed by atoms with Crippen LogP contribution in [0, 0.1) is 11.7 Å². The summed E-state index contributed by atoms with van der Waals surface area (Å²) in [6.07, 6.45) is 5.19. The largest absolute Gasteiger partial charge is 0.348 e. The molecule has 102 valence electrons. The zero-order valence-corrected chi connectivity index (χ0v) is 12.5. The van der Waals surface area contributed by atoms with E-state index < -0.39 is 0 Å². The average molecular weight is 295 g/mol. The van der Waals surface area contributed by atoms with Crippen LogP contribution in [0.15, 0.2) is 0 Å². The number of nitrogens with one attached hydrogen (secondary N) is 2. The summed E-state index contributed by atoms with van der Waals surface area (Å²) < 4.78 is 0.485. The van der Waals surface area contributed by atoms with E-state index in [0.29, 0.717) is 4.77 Å². The number of rotatable bonds is 2. The average Bonchev–Trinajstić information content (AvgIpc) is 2.86. The molecule has 2 aromatic rings. The van der Waals surface area contributed by atoms with Crippen molar-refractivity contribution in [2.75, 3.05) is 18.0 Å². The lowest BCUT2D eigenvalue weighted by molar-refractivity contribution is 0.726. The number of aromatic nitrogens is 4. The predicted molar refractivity (Wildman–Crippen MR) is 80.3 cm³/mol. The third kappa shape index (κ3) is 2.71. The van der Waals surface area contributed by atoms with Gasteiger partial charge in [0.05, 0.1) is 10.6 Å². The van der Waals surface area contributed by atoms with E-state index in [2.05, 4.69) is 20.1 Å². The highest BCUT2D eigenvalue weighted by Gasteiger charge is 2.17. The molecular weight excluding hydrogens is 278 g/mol. The summed E-state index contributed by atoms with van der Waals surface area (Å²) >= 11 is 6.70. The van der Waals surface area contributed by atoms with Crippen LogP contribution in [0.4, 0.5) is 5.13 Å². The monoisotopic (exact) mass is 295 g/mol. The van der Waals surface area contributed by atoms with E-state index in [0.717, 1.165) is 34.6 Å². The van der Waals surface area contributed by atoms with E-state index in [1.165, 1.54) is 25.7 Å². The molecule has 1 saturated heterocycles. The molecule has 0 radical (unpaired) electrons. The number of hydrogen-bond acceptors (Lipinski definition) is 5. The van der Waals surface area contributed by atoms with Gasteiger partial charge in [0.25, 0.3) is 0 Å². The van der Waals surface area contributed by atoms with Gasteiger partial charge in [0.1, 0.15) is 0 Å². The van der Waals surface area contributed by atoms with Gasteiger partial charge >= 0.3 is 0 Å². The molecule has 0 aromatic carbocycles. The Kier molecular flexibility index (Phi) is 3.65. The van der Waals surface area contributed by atoms with Gasteiger partial charge in [-0.05, 0) is 32.0 Å². The van der Waals surface area contributed by atoms with Crippen molar-refractivity contribution in [3.8, 4) is 10.7 Å². The molecule has 0 unspecified atom stereocenters. The van der Waals surface area contributed by atoms with Crippen LogP contribution >= 0.6 is 23.6 Å². The minimum atomic E-state index is 0.485. The van der Waals surface area contributed by atoms with Gasteiger partial charge in [0, 0.05) is 13.1 Å². The Morgan fingerprint density at radius 2 is 1.84 bits per heavy atom. The molecule has 0 saturated carbocycles. The van der Waals surface area contributed by atoms with Gasteiger partial charge in [-0.2, -0.15) is 4.98 Å². The summed E-state index contributed by atoms with van der Waals surface area (Å²) in [7, 11) is 0. The van der Waals surface area contributed by atoms with Gasteiger partial charge in [-0.1, -0.05) is 24.2 Å². The van der Waals surface area contributed by atoms with Crippen LogP contribution in [-0.4, -0.2) is 33.3 Å². The van der Waals surface area contributed by atoms with Gasteiger partial charge in [-0.25, -0.2) is 4.98 Å². The summed E-state index contributed by atoms with van der Waals surface area (Å²) in [5.74, 6) is 0.793. The van der Waals surface area contributed by atoms with Crippen molar-refractivity contribution in [1.29, 1.82) is 0 Å². The van der Waals surface area contributed by atoms with E-state index in [-0.39, 0.29) is 0 Å². The van der Waals surface area contributed by atoms with Gasteiger partial charge < -0.3 is 4.90 Å². The summed E-state index contributed by atoms with van der Waals surface area (Å²) in [5, 5.41) is 6.95. The van der Waals surface area contributed by atoms with Crippen molar-refractivity contribution < 1.29 is 0 Å². The molecule has 7 heteroatoms. The van der Waals surface area contributed by atoms with Crippen LogP contribution in [0.1, 0.15) is 31.4 Å². The van der Waals surface area contributed by atoms with Crippen LogP contribution in [0.25, 0.3) is 10.7 Å². The maximum Gasteiger partial charge on any atom is 0.213 e. The van der Waals surface area contributed by atoms with Gasteiger partial charge in [0.2, 0.25) is 4.77 Å². The Morgan fingerprint density at radius 3 is 2.47 bits per heavy atom. The number of aromatic amines is 2. The Balaban J connectivity index is 1.90. The second-order valence-corrected chi connectivity index (χ2v) is 6.19. The smallest absolute Gasteiger partial charge is 0.213 e. The first-order chi connectivity index (χ1) is 9.24. The lowest BCUT2D eigenvalue weighted by Crippen LogP contribution is -2.23. The van der Waals surface area contributed by atoms with Gasteiger partial charge in [0.15, 0.2) is 11.0 Å². The third-order valence-electron chi connectivity index (χ3n) is 3.38. The molecule has 3 heterocycles. The molecular formula is C12H17N5S2. The minimum absolute atomic E-state index is 0.485. The fraction of sp³-hybridized carbons (Fsp3) is 0.583. The molecule has 2 aromatic heterocycles. The molecule has 0 spiro atoms.